The maximum atomic E-state index is 13.5. The molecule has 2 heterocycles. The monoisotopic (exact) mass is 173 g/mol. The molecule has 2 fully saturated rings. The minimum absolute atomic E-state index is 0.186. The maximum absolute atomic E-state index is 13.5. The molecule has 3 heteroatoms. The van der Waals surface area contributed by atoms with Crippen LogP contribution in [0.3, 0.4) is 0 Å². The number of rotatable bonds is 2. The van der Waals surface area contributed by atoms with E-state index in [2.05, 4.69) is 5.32 Å². The summed E-state index contributed by atoms with van der Waals surface area (Å²) in [6, 6.07) is 0. The summed E-state index contributed by atoms with van der Waals surface area (Å²) in [5.41, 5.74) is -0.956. The largest absolute Gasteiger partial charge is 0.378 e. The Bertz CT molecular complexity index is 153. The van der Waals surface area contributed by atoms with Crippen LogP contribution in [-0.4, -0.2) is 31.5 Å². The Balaban J connectivity index is 1.77. The van der Waals surface area contributed by atoms with Crippen LogP contribution in [0.1, 0.15) is 25.7 Å². The topological polar surface area (TPSA) is 21.3 Å². The Morgan fingerprint density at radius 2 is 2.25 bits per heavy atom. The van der Waals surface area contributed by atoms with Crippen LogP contribution >= 0.6 is 0 Å². The van der Waals surface area contributed by atoms with Gasteiger partial charge in [0, 0.05) is 26.1 Å². The number of hydrogen-bond acceptors (Lipinski definition) is 2. The third kappa shape index (κ3) is 1.77. The van der Waals surface area contributed by atoms with Crippen molar-refractivity contribution in [3.63, 3.8) is 0 Å². The molecule has 0 unspecified atom stereocenters. The Kier molecular flexibility index (Phi) is 2.33. The van der Waals surface area contributed by atoms with Crippen LogP contribution in [0.25, 0.3) is 0 Å². The predicted octanol–water partition coefficient (Wildman–Crippen LogP) is 1.26. The first-order valence-corrected chi connectivity index (χ1v) is 4.80. The minimum Gasteiger partial charge on any atom is -0.378 e. The second-order valence-corrected chi connectivity index (χ2v) is 3.95. The Labute approximate surface area is 72.5 Å². The van der Waals surface area contributed by atoms with E-state index in [1.54, 1.807) is 0 Å². The lowest BCUT2D eigenvalue weighted by molar-refractivity contribution is -0.0398. The van der Waals surface area contributed by atoms with Crippen LogP contribution in [0.2, 0.25) is 0 Å². The second kappa shape index (κ2) is 3.30. The van der Waals surface area contributed by atoms with Crippen molar-refractivity contribution in [2.24, 2.45) is 0 Å². The highest BCUT2D eigenvalue weighted by Gasteiger charge is 2.39. The van der Waals surface area contributed by atoms with E-state index < -0.39 is 5.67 Å². The molecule has 2 aliphatic rings. The molecule has 0 radical (unpaired) electrons. The van der Waals surface area contributed by atoms with Crippen molar-refractivity contribution in [2.45, 2.75) is 37.5 Å². The third-order valence-corrected chi connectivity index (χ3v) is 2.75. The van der Waals surface area contributed by atoms with Crippen molar-refractivity contribution in [1.29, 1.82) is 0 Å². The average Bonchev–Trinajstić information content (AvgIpc) is 2.04. The molecular formula is C9H16FNO. The van der Waals surface area contributed by atoms with Gasteiger partial charge in [-0.3, -0.25) is 0 Å². The molecule has 0 aromatic carbocycles. The molecule has 2 saturated heterocycles. The SMILES string of the molecule is FC1(C[C@H]2CCCCO2)CNC1. The molecule has 0 spiro atoms. The molecule has 2 aliphatic heterocycles. The van der Waals surface area contributed by atoms with E-state index in [-0.39, 0.29) is 6.10 Å². The first kappa shape index (κ1) is 8.45. The van der Waals surface area contributed by atoms with Crippen LogP contribution < -0.4 is 5.32 Å². The van der Waals surface area contributed by atoms with Gasteiger partial charge in [-0.25, -0.2) is 4.39 Å². The molecule has 0 aromatic rings. The molecule has 0 aromatic heterocycles. The van der Waals surface area contributed by atoms with Gasteiger partial charge in [0.2, 0.25) is 0 Å². The zero-order valence-corrected chi connectivity index (χ0v) is 7.31. The van der Waals surface area contributed by atoms with Gasteiger partial charge in [-0.05, 0) is 19.3 Å². The van der Waals surface area contributed by atoms with Crippen LogP contribution in [0.5, 0.6) is 0 Å². The lowest BCUT2D eigenvalue weighted by Crippen LogP contribution is -2.57. The number of alkyl halides is 1. The van der Waals surface area contributed by atoms with Gasteiger partial charge in [0.25, 0.3) is 0 Å². The van der Waals surface area contributed by atoms with E-state index in [4.69, 9.17) is 4.74 Å². The number of hydrogen-bond donors (Lipinski definition) is 1. The fourth-order valence-corrected chi connectivity index (χ4v) is 1.92. The summed E-state index contributed by atoms with van der Waals surface area (Å²) in [5.74, 6) is 0. The summed E-state index contributed by atoms with van der Waals surface area (Å²) < 4.78 is 19.0. The summed E-state index contributed by atoms with van der Waals surface area (Å²) >= 11 is 0. The summed E-state index contributed by atoms with van der Waals surface area (Å²) in [6.07, 6.45) is 4.18. The van der Waals surface area contributed by atoms with Crippen molar-refractivity contribution >= 4 is 0 Å². The molecule has 70 valence electrons. The van der Waals surface area contributed by atoms with Crippen molar-refractivity contribution in [2.75, 3.05) is 19.7 Å². The van der Waals surface area contributed by atoms with Gasteiger partial charge >= 0.3 is 0 Å². The highest BCUT2D eigenvalue weighted by molar-refractivity contribution is 4.95. The first-order valence-electron chi connectivity index (χ1n) is 4.80. The van der Waals surface area contributed by atoms with Crippen molar-refractivity contribution in [3.8, 4) is 0 Å². The first-order chi connectivity index (χ1) is 5.79. The van der Waals surface area contributed by atoms with Gasteiger partial charge in [-0.1, -0.05) is 0 Å². The number of ether oxygens (including phenoxy) is 1. The van der Waals surface area contributed by atoms with E-state index >= 15 is 0 Å². The van der Waals surface area contributed by atoms with Crippen LogP contribution in [0.15, 0.2) is 0 Å². The van der Waals surface area contributed by atoms with Crippen molar-refractivity contribution < 1.29 is 9.13 Å². The molecule has 12 heavy (non-hydrogen) atoms. The fourth-order valence-electron chi connectivity index (χ4n) is 1.92. The van der Waals surface area contributed by atoms with Crippen LogP contribution in [0, 0.1) is 0 Å². The van der Waals surface area contributed by atoms with Gasteiger partial charge in [0.05, 0.1) is 6.10 Å². The second-order valence-electron chi connectivity index (χ2n) is 3.95. The average molecular weight is 173 g/mol. The standard InChI is InChI=1S/C9H16FNO/c10-9(6-11-7-9)5-8-3-1-2-4-12-8/h8,11H,1-7H2/t8-/m1/s1. The Morgan fingerprint density at radius 1 is 1.42 bits per heavy atom. The fraction of sp³-hybridized carbons (Fsp3) is 1.00. The minimum atomic E-state index is -0.956. The predicted molar refractivity (Wildman–Crippen MR) is 44.9 cm³/mol. The van der Waals surface area contributed by atoms with E-state index in [1.165, 1.54) is 6.42 Å². The molecule has 1 atom stereocenters. The van der Waals surface area contributed by atoms with E-state index in [9.17, 15) is 4.39 Å². The quantitative estimate of drug-likeness (QED) is 0.678. The normalized spacial score (nSPS) is 34.2. The zero-order valence-electron chi connectivity index (χ0n) is 7.31. The Morgan fingerprint density at radius 3 is 2.75 bits per heavy atom. The molecule has 0 amide bonds. The summed E-state index contributed by atoms with van der Waals surface area (Å²) in [7, 11) is 0. The summed E-state index contributed by atoms with van der Waals surface area (Å²) in [4.78, 5) is 0. The van der Waals surface area contributed by atoms with Gasteiger partial charge in [-0.2, -0.15) is 0 Å². The third-order valence-electron chi connectivity index (χ3n) is 2.75. The summed E-state index contributed by atoms with van der Waals surface area (Å²) in [6.45, 7) is 1.87. The van der Waals surface area contributed by atoms with Gasteiger partial charge in [0.15, 0.2) is 0 Å². The smallest absolute Gasteiger partial charge is 0.138 e. The molecule has 2 nitrogen and oxygen atoms in total. The van der Waals surface area contributed by atoms with E-state index in [1.807, 2.05) is 0 Å². The van der Waals surface area contributed by atoms with Gasteiger partial charge in [-0.15, -0.1) is 0 Å². The number of halogens is 1. The summed E-state index contributed by atoms with van der Waals surface area (Å²) in [5, 5.41) is 2.96. The molecule has 1 N–H and O–H groups in total. The molecule has 0 saturated carbocycles. The molecule has 0 bridgehead atoms. The van der Waals surface area contributed by atoms with Crippen molar-refractivity contribution in [1.82, 2.24) is 5.32 Å². The van der Waals surface area contributed by atoms with Crippen LogP contribution in [-0.2, 0) is 4.74 Å². The van der Waals surface area contributed by atoms with E-state index in [0.717, 1.165) is 19.4 Å². The highest BCUT2D eigenvalue weighted by Crippen LogP contribution is 2.27. The van der Waals surface area contributed by atoms with Gasteiger partial charge in [0.1, 0.15) is 5.67 Å². The zero-order chi connectivity index (χ0) is 8.44. The lowest BCUT2D eigenvalue weighted by Gasteiger charge is -2.38. The van der Waals surface area contributed by atoms with Crippen LogP contribution in [0.4, 0.5) is 4.39 Å². The highest BCUT2D eigenvalue weighted by atomic mass is 19.1. The lowest BCUT2D eigenvalue weighted by atomic mass is 9.89. The molecule has 0 aliphatic carbocycles. The number of nitrogens with one attached hydrogen (secondary N) is 1. The van der Waals surface area contributed by atoms with Crippen molar-refractivity contribution in [3.05, 3.63) is 0 Å². The molecule has 2 rings (SSSR count). The van der Waals surface area contributed by atoms with Gasteiger partial charge < -0.3 is 10.1 Å². The van der Waals surface area contributed by atoms with E-state index in [0.29, 0.717) is 19.5 Å². The maximum Gasteiger partial charge on any atom is 0.138 e. The molecular weight excluding hydrogens is 157 g/mol. The Hall–Kier alpha value is -0.150.